The van der Waals surface area contributed by atoms with E-state index >= 15 is 0 Å². The maximum atomic E-state index is 13.2. The van der Waals surface area contributed by atoms with Gasteiger partial charge in [-0.1, -0.05) is 37.3 Å². The molecule has 4 unspecified atom stereocenters. The first-order valence-corrected chi connectivity index (χ1v) is 9.38. The molecule has 0 aliphatic heterocycles. The van der Waals surface area contributed by atoms with Crippen molar-refractivity contribution < 1.29 is 4.79 Å². The second-order valence-electron chi connectivity index (χ2n) is 9.18. The standard InChI is InChI=1S/C21H30N2O/c1-19-11-16-12-20(14-19,17-7-5-4-6-8-17)15-21(19,13-16)18(24)22-9-10-23(2)3/h4-8,16H,9-15H2,1-3H3,(H,22,24). The van der Waals surface area contributed by atoms with Gasteiger partial charge in [0.1, 0.15) is 0 Å². The molecule has 4 saturated carbocycles. The van der Waals surface area contributed by atoms with Crippen LogP contribution in [0.25, 0.3) is 0 Å². The van der Waals surface area contributed by atoms with E-state index in [0.717, 1.165) is 31.8 Å². The van der Waals surface area contributed by atoms with Gasteiger partial charge in [-0.2, -0.15) is 0 Å². The average Bonchev–Trinajstić information content (AvgIpc) is 2.85. The maximum Gasteiger partial charge on any atom is 0.226 e. The molecule has 5 rings (SSSR count). The Morgan fingerprint density at radius 3 is 2.62 bits per heavy atom. The third-order valence-electron chi connectivity index (χ3n) is 7.25. The van der Waals surface area contributed by atoms with Gasteiger partial charge in [0.25, 0.3) is 0 Å². The van der Waals surface area contributed by atoms with E-state index < -0.39 is 0 Å². The molecule has 1 aromatic rings. The number of hydrogen-bond donors (Lipinski definition) is 1. The molecule has 4 aliphatic carbocycles. The molecule has 4 aliphatic rings. The van der Waals surface area contributed by atoms with Crippen LogP contribution in [-0.2, 0) is 10.2 Å². The molecule has 4 atom stereocenters. The normalized spacial score (nSPS) is 39.6. The number of nitrogens with one attached hydrogen (secondary N) is 1. The summed E-state index contributed by atoms with van der Waals surface area (Å²) in [4.78, 5) is 15.4. The van der Waals surface area contributed by atoms with Gasteiger partial charge in [-0.15, -0.1) is 0 Å². The van der Waals surface area contributed by atoms with Gasteiger partial charge in [0, 0.05) is 13.1 Å². The van der Waals surface area contributed by atoms with Crippen molar-refractivity contribution in [2.75, 3.05) is 27.2 Å². The molecule has 130 valence electrons. The van der Waals surface area contributed by atoms with Crippen LogP contribution in [0, 0.1) is 16.7 Å². The Labute approximate surface area is 145 Å². The summed E-state index contributed by atoms with van der Waals surface area (Å²) in [6.07, 6.45) is 5.85. The highest BCUT2D eigenvalue weighted by Crippen LogP contribution is 2.76. The van der Waals surface area contributed by atoms with Crippen LogP contribution in [0.2, 0.25) is 0 Å². The van der Waals surface area contributed by atoms with Crippen LogP contribution in [0.5, 0.6) is 0 Å². The van der Waals surface area contributed by atoms with E-state index in [9.17, 15) is 4.79 Å². The van der Waals surface area contributed by atoms with Gasteiger partial charge in [-0.3, -0.25) is 4.79 Å². The summed E-state index contributed by atoms with van der Waals surface area (Å²) in [6, 6.07) is 11.0. The van der Waals surface area contributed by atoms with E-state index in [2.05, 4.69) is 61.6 Å². The summed E-state index contributed by atoms with van der Waals surface area (Å²) >= 11 is 0. The molecular weight excluding hydrogens is 296 g/mol. The van der Waals surface area contributed by atoms with Crippen LogP contribution in [0.1, 0.15) is 44.6 Å². The Balaban J connectivity index is 1.62. The fourth-order valence-electron chi connectivity index (χ4n) is 6.52. The van der Waals surface area contributed by atoms with Crippen LogP contribution >= 0.6 is 0 Å². The van der Waals surface area contributed by atoms with Crippen molar-refractivity contribution in [3.05, 3.63) is 35.9 Å². The van der Waals surface area contributed by atoms with E-state index in [1.165, 1.54) is 24.8 Å². The number of nitrogens with zero attached hydrogens (tertiary/aromatic N) is 1. The van der Waals surface area contributed by atoms with E-state index in [4.69, 9.17) is 0 Å². The van der Waals surface area contributed by atoms with Crippen molar-refractivity contribution in [3.63, 3.8) is 0 Å². The number of rotatable bonds is 5. The first-order chi connectivity index (χ1) is 11.4. The Morgan fingerprint density at radius 1 is 1.17 bits per heavy atom. The highest BCUT2D eigenvalue weighted by Gasteiger charge is 2.72. The highest BCUT2D eigenvalue weighted by atomic mass is 16.2. The molecule has 0 radical (unpaired) electrons. The van der Waals surface area contributed by atoms with Gasteiger partial charge >= 0.3 is 0 Å². The first kappa shape index (κ1) is 16.1. The number of carbonyl (C=O) groups excluding carboxylic acids is 1. The van der Waals surface area contributed by atoms with E-state index in [0.29, 0.717) is 5.91 Å². The Bertz CT molecular complexity index is 642. The van der Waals surface area contributed by atoms with Crippen molar-refractivity contribution >= 4 is 5.91 Å². The predicted molar refractivity (Wildman–Crippen MR) is 96.8 cm³/mol. The SMILES string of the molecule is CN(C)CCNC(=O)C12CC3CC(c4ccccc4)(CC1(C)C3)C2. The molecule has 0 spiro atoms. The lowest BCUT2D eigenvalue weighted by Crippen LogP contribution is -2.47. The zero-order valence-electron chi connectivity index (χ0n) is 15.3. The zero-order valence-corrected chi connectivity index (χ0v) is 15.3. The summed E-state index contributed by atoms with van der Waals surface area (Å²) < 4.78 is 0. The Hall–Kier alpha value is -1.35. The highest BCUT2D eigenvalue weighted by molar-refractivity contribution is 5.85. The summed E-state index contributed by atoms with van der Waals surface area (Å²) in [5, 5.41) is 3.27. The minimum absolute atomic E-state index is 0.141. The third kappa shape index (κ3) is 2.17. The smallest absolute Gasteiger partial charge is 0.226 e. The lowest BCUT2D eigenvalue weighted by molar-refractivity contribution is -0.135. The average molecular weight is 326 g/mol. The lowest BCUT2D eigenvalue weighted by atomic mass is 9.63. The van der Waals surface area contributed by atoms with E-state index in [1.54, 1.807) is 0 Å². The molecule has 3 nitrogen and oxygen atoms in total. The minimum atomic E-state index is -0.141. The third-order valence-corrected chi connectivity index (χ3v) is 7.25. The summed E-state index contributed by atoms with van der Waals surface area (Å²) in [5.41, 5.74) is 1.73. The van der Waals surface area contributed by atoms with Gasteiger partial charge in [0.15, 0.2) is 0 Å². The van der Waals surface area contributed by atoms with Crippen LogP contribution in [0.3, 0.4) is 0 Å². The second-order valence-corrected chi connectivity index (χ2v) is 9.18. The molecule has 4 fully saturated rings. The monoisotopic (exact) mass is 326 g/mol. The van der Waals surface area contributed by atoms with Crippen molar-refractivity contribution in [2.45, 2.75) is 44.4 Å². The Morgan fingerprint density at radius 2 is 1.92 bits per heavy atom. The van der Waals surface area contributed by atoms with Crippen molar-refractivity contribution in [2.24, 2.45) is 16.7 Å². The molecule has 3 heteroatoms. The fourth-order valence-corrected chi connectivity index (χ4v) is 6.52. The number of amides is 1. The zero-order chi connectivity index (χ0) is 17.0. The van der Waals surface area contributed by atoms with Crippen LogP contribution in [-0.4, -0.2) is 38.0 Å². The molecule has 1 N–H and O–H groups in total. The van der Waals surface area contributed by atoms with E-state index in [-0.39, 0.29) is 16.2 Å². The van der Waals surface area contributed by atoms with Gasteiger partial charge in [-0.05, 0) is 68.5 Å². The van der Waals surface area contributed by atoms with Crippen LogP contribution in [0.4, 0.5) is 0 Å². The van der Waals surface area contributed by atoms with Gasteiger partial charge in [0.2, 0.25) is 5.91 Å². The largest absolute Gasteiger partial charge is 0.354 e. The van der Waals surface area contributed by atoms with Gasteiger partial charge in [0.05, 0.1) is 5.41 Å². The van der Waals surface area contributed by atoms with Crippen LogP contribution < -0.4 is 5.32 Å². The minimum Gasteiger partial charge on any atom is -0.354 e. The van der Waals surface area contributed by atoms with Gasteiger partial charge < -0.3 is 10.2 Å². The second kappa shape index (κ2) is 5.32. The molecule has 1 aromatic carbocycles. The number of hydrogen-bond acceptors (Lipinski definition) is 2. The molecule has 24 heavy (non-hydrogen) atoms. The Kier molecular flexibility index (Phi) is 3.58. The van der Waals surface area contributed by atoms with Crippen LogP contribution in [0.15, 0.2) is 30.3 Å². The predicted octanol–water partition coefficient (Wildman–Crippen LogP) is 3.20. The van der Waals surface area contributed by atoms with E-state index in [1.807, 2.05) is 0 Å². The van der Waals surface area contributed by atoms with Gasteiger partial charge in [-0.25, -0.2) is 0 Å². The summed E-state index contributed by atoms with van der Waals surface area (Å²) in [5.74, 6) is 1.05. The summed E-state index contributed by atoms with van der Waals surface area (Å²) in [6.45, 7) is 4.06. The number of carbonyl (C=O) groups is 1. The number of likely N-dealkylation sites (N-methyl/N-ethyl adjacent to an activating group) is 1. The molecule has 4 bridgehead atoms. The molecule has 0 saturated heterocycles. The molecular formula is C21H30N2O. The lowest BCUT2D eigenvalue weighted by Gasteiger charge is -2.41. The van der Waals surface area contributed by atoms with Crippen molar-refractivity contribution in [1.82, 2.24) is 10.2 Å². The quantitative estimate of drug-likeness (QED) is 0.901. The molecule has 0 heterocycles. The first-order valence-electron chi connectivity index (χ1n) is 9.38. The number of benzene rings is 1. The molecule has 0 aromatic heterocycles. The molecule has 1 amide bonds. The fraction of sp³-hybridized carbons (Fsp3) is 0.667. The topological polar surface area (TPSA) is 32.3 Å². The van der Waals surface area contributed by atoms with Crippen molar-refractivity contribution in [3.8, 4) is 0 Å². The summed E-state index contributed by atoms with van der Waals surface area (Å²) in [7, 11) is 4.11. The van der Waals surface area contributed by atoms with Crippen molar-refractivity contribution in [1.29, 1.82) is 0 Å². The maximum absolute atomic E-state index is 13.2.